The minimum Gasteiger partial charge on any atom is -0.352 e. The Kier molecular flexibility index (Phi) is 7.36. The third kappa shape index (κ3) is 5.87. The number of anilines is 1. The lowest BCUT2D eigenvalue weighted by Gasteiger charge is -2.36. The summed E-state index contributed by atoms with van der Waals surface area (Å²) in [5.41, 5.74) is 1.67. The molecule has 2 aromatic carbocycles. The van der Waals surface area contributed by atoms with Gasteiger partial charge in [0.15, 0.2) is 0 Å². The van der Waals surface area contributed by atoms with Crippen LogP contribution >= 0.6 is 0 Å². The molecule has 2 amide bonds. The topological polar surface area (TPSA) is 61.4 Å². The van der Waals surface area contributed by atoms with Crippen molar-refractivity contribution in [2.45, 2.75) is 38.8 Å². The molecule has 29 heavy (non-hydrogen) atoms. The van der Waals surface area contributed by atoms with Crippen molar-refractivity contribution in [3.8, 4) is 0 Å². The highest BCUT2D eigenvalue weighted by molar-refractivity contribution is 5.94. The number of piperidine rings is 1. The molecule has 0 spiro atoms. The van der Waals surface area contributed by atoms with E-state index < -0.39 is 0 Å². The Morgan fingerprint density at radius 2 is 1.72 bits per heavy atom. The molecule has 1 saturated heterocycles. The second-order valence-electron chi connectivity index (χ2n) is 7.43. The van der Waals surface area contributed by atoms with Gasteiger partial charge in [0, 0.05) is 18.2 Å². The molecule has 1 heterocycles. The molecule has 1 fully saturated rings. The molecule has 3 rings (SSSR count). The lowest BCUT2D eigenvalue weighted by molar-refractivity contribution is -0.127. The van der Waals surface area contributed by atoms with E-state index in [4.69, 9.17) is 0 Å². The van der Waals surface area contributed by atoms with Gasteiger partial charge in [-0.3, -0.25) is 14.5 Å². The molecule has 1 aliphatic heterocycles. The molecule has 0 radical (unpaired) electrons. The van der Waals surface area contributed by atoms with Crippen LogP contribution in [0.3, 0.4) is 0 Å². The molecule has 1 atom stereocenters. The first kappa shape index (κ1) is 21.0. The molecule has 2 N–H and O–H groups in total. The molecule has 154 valence electrons. The molecule has 0 bridgehead atoms. The predicted octanol–water partition coefficient (Wildman–Crippen LogP) is 3.57. The van der Waals surface area contributed by atoms with Gasteiger partial charge in [-0.2, -0.15) is 0 Å². The van der Waals surface area contributed by atoms with Crippen LogP contribution in [0, 0.1) is 11.7 Å². The van der Waals surface area contributed by atoms with Gasteiger partial charge in [-0.05, 0) is 62.2 Å². The summed E-state index contributed by atoms with van der Waals surface area (Å²) in [6.07, 6.45) is 2.15. The standard InChI is InChI=1S/C23H28FN3O2/c1-2-21(23(29)26-20-10-8-19(24)9-11-20)27-14-12-18(13-15-27)22(28)25-16-17-6-4-3-5-7-17/h3-11,18,21H,2,12-16H2,1H3,(H,25,28)(H,26,29)/t21-/m1/s1. The van der Waals surface area contributed by atoms with E-state index in [1.165, 1.54) is 12.1 Å². The van der Waals surface area contributed by atoms with E-state index in [2.05, 4.69) is 15.5 Å². The highest BCUT2D eigenvalue weighted by Crippen LogP contribution is 2.21. The zero-order valence-electron chi connectivity index (χ0n) is 16.7. The van der Waals surface area contributed by atoms with Gasteiger partial charge in [-0.15, -0.1) is 0 Å². The van der Waals surface area contributed by atoms with E-state index >= 15 is 0 Å². The minimum absolute atomic E-state index is 0.0207. The van der Waals surface area contributed by atoms with Crippen molar-refractivity contribution in [3.05, 3.63) is 66.0 Å². The maximum absolute atomic E-state index is 13.0. The summed E-state index contributed by atoms with van der Waals surface area (Å²) in [6.45, 7) is 3.93. The average molecular weight is 397 g/mol. The van der Waals surface area contributed by atoms with Crippen molar-refractivity contribution >= 4 is 17.5 Å². The molecule has 1 aliphatic rings. The number of nitrogens with zero attached hydrogens (tertiary/aromatic N) is 1. The van der Waals surface area contributed by atoms with Crippen molar-refractivity contribution in [2.24, 2.45) is 5.92 Å². The number of rotatable bonds is 7. The van der Waals surface area contributed by atoms with Crippen LogP contribution in [0.1, 0.15) is 31.7 Å². The maximum atomic E-state index is 13.0. The first-order chi connectivity index (χ1) is 14.1. The first-order valence-electron chi connectivity index (χ1n) is 10.2. The van der Waals surface area contributed by atoms with Crippen molar-refractivity contribution < 1.29 is 14.0 Å². The van der Waals surface area contributed by atoms with Crippen LogP contribution in [0.4, 0.5) is 10.1 Å². The van der Waals surface area contributed by atoms with Gasteiger partial charge in [0.2, 0.25) is 11.8 Å². The number of carbonyl (C=O) groups is 2. The van der Waals surface area contributed by atoms with Crippen molar-refractivity contribution in [3.63, 3.8) is 0 Å². The van der Waals surface area contributed by atoms with Crippen LogP contribution in [0.2, 0.25) is 0 Å². The van der Waals surface area contributed by atoms with Crippen LogP contribution in [0.25, 0.3) is 0 Å². The van der Waals surface area contributed by atoms with Gasteiger partial charge in [-0.1, -0.05) is 37.3 Å². The Hall–Kier alpha value is -2.73. The van der Waals surface area contributed by atoms with Gasteiger partial charge in [0.05, 0.1) is 6.04 Å². The van der Waals surface area contributed by atoms with E-state index in [-0.39, 0.29) is 29.6 Å². The summed E-state index contributed by atoms with van der Waals surface area (Å²) < 4.78 is 13.0. The zero-order valence-corrected chi connectivity index (χ0v) is 16.7. The molecule has 5 nitrogen and oxygen atoms in total. The van der Waals surface area contributed by atoms with E-state index in [1.54, 1.807) is 12.1 Å². The van der Waals surface area contributed by atoms with Crippen molar-refractivity contribution in [1.29, 1.82) is 0 Å². The lowest BCUT2D eigenvalue weighted by Crippen LogP contribution is -2.49. The van der Waals surface area contributed by atoms with E-state index in [9.17, 15) is 14.0 Å². The smallest absolute Gasteiger partial charge is 0.241 e. The Morgan fingerprint density at radius 3 is 2.34 bits per heavy atom. The molecule has 0 aliphatic carbocycles. The quantitative estimate of drug-likeness (QED) is 0.751. The highest BCUT2D eigenvalue weighted by atomic mass is 19.1. The Balaban J connectivity index is 1.48. The van der Waals surface area contributed by atoms with Crippen LogP contribution in [-0.4, -0.2) is 35.8 Å². The fourth-order valence-electron chi connectivity index (χ4n) is 3.77. The van der Waals surface area contributed by atoms with Crippen molar-refractivity contribution in [1.82, 2.24) is 10.2 Å². The number of benzene rings is 2. The predicted molar refractivity (Wildman–Crippen MR) is 112 cm³/mol. The summed E-state index contributed by atoms with van der Waals surface area (Å²) in [4.78, 5) is 27.3. The molecule has 6 heteroatoms. The van der Waals surface area contributed by atoms with Gasteiger partial charge < -0.3 is 10.6 Å². The number of amides is 2. The SMILES string of the molecule is CC[C@H](C(=O)Nc1ccc(F)cc1)N1CCC(C(=O)NCc2ccccc2)CC1. The van der Waals surface area contributed by atoms with Gasteiger partial charge >= 0.3 is 0 Å². The maximum Gasteiger partial charge on any atom is 0.241 e. The Morgan fingerprint density at radius 1 is 1.07 bits per heavy atom. The molecular formula is C23H28FN3O2. The number of halogens is 1. The summed E-state index contributed by atoms with van der Waals surface area (Å²) in [7, 11) is 0. The Bertz CT molecular complexity index is 803. The third-order valence-corrected chi connectivity index (χ3v) is 5.45. The fourth-order valence-corrected chi connectivity index (χ4v) is 3.77. The third-order valence-electron chi connectivity index (χ3n) is 5.45. The molecule has 2 aromatic rings. The average Bonchev–Trinajstić information content (AvgIpc) is 2.75. The van der Waals surface area contributed by atoms with Crippen LogP contribution in [0.5, 0.6) is 0 Å². The largest absolute Gasteiger partial charge is 0.352 e. The van der Waals surface area contributed by atoms with Crippen LogP contribution in [-0.2, 0) is 16.1 Å². The van der Waals surface area contributed by atoms with E-state index in [1.807, 2.05) is 37.3 Å². The first-order valence-corrected chi connectivity index (χ1v) is 10.2. The summed E-state index contributed by atoms with van der Waals surface area (Å²) in [5, 5.41) is 5.88. The van der Waals surface area contributed by atoms with E-state index in [0.29, 0.717) is 31.7 Å². The van der Waals surface area contributed by atoms with Gasteiger partial charge in [0.1, 0.15) is 5.82 Å². The second kappa shape index (κ2) is 10.2. The van der Waals surface area contributed by atoms with Gasteiger partial charge in [-0.25, -0.2) is 4.39 Å². The summed E-state index contributed by atoms with van der Waals surface area (Å²) >= 11 is 0. The second-order valence-corrected chi connectivity index (χ2v) is 7.43. The lowest BCUT2D eigenvalue weighted by atomic mass is 9.94. The van der Waals surface area contributed by atoms with Gasteiger partial charge in [0.25, 0.3) is 0 Å². The number of nitrogens with one attached hydrogen (secondary N) is 2. The number of likely N-dealkylation sites (tertiary alicyclic amines) is 1. The Labute approximate surface area is 171 Å². The highest BCUT2D eigenvalue weighted by Gasteiger charge is 2.31. The molecule has 0 aromatic heterocycles. The fraction of sp³-hybridized carbons (Fsp3) is 0.391. The van der Waals surface area contributed by atoms with Crippen LogP contribution in [0.15, 0.2) is 54.6 Å². The number of hydrogen-bond acceptors (Lipinski definition) is 3. The molecule has 0 saturated carbocycles. The molecular weight excluding hydrogens is 369 g/mol. The number of hydrogen-bond donors (Lipinski definition) is 2. The van der Waals surface area contributed by atoms with E-state index in [0.717, 1.165) is 18.4 Å². The van der Waals surface area contributed by atoms with Crippen molar-refractivity contribution in [2.75, 3.05) is 18.4 Å². The minimum atomic E-state index is -0.331. The summed E-state index contributed by atoms with van der Waals surface area (Å²) in [6, 6.07) is 15.4. The number of carbonyl (C=O) groups excluding carboxylic acids is 2. The summed E-state index contributed by atoms with van der Waals surface area (Å²) in [5.74, 6) is -0.362. The normalized spacial score (nSPS) is 16.2. The monoisotopic (exact) mass is 397 g/mol. The molecule has 0 unspecified atom stereocenters. The van der Waals surface area contributed by atoms with Crippen LogP contribution < -0.4 is 10.6 Å². The zero-order chi connectivity index (χ0) is 20.6.